The second kappa shape index (κ2) is 7.17. The Morgan fingerprint density at radius 3 is 2.62 bits per heavy atom. The lowest BCUT2D eigenvalue weighted by atomic mass is 10.2. The van der Waals surface area contributed by atoms with Crippen molar-refractivity contribution in [1.82, 2.24) is 10.2 Å². The molecule has 1 heterocycles. The lowest BCUT2D eigenvalue weighted by Crippen LogP contribution is -2.17. The van der Waals surface area contributed by atoms with Crippen LogP contribution in [0.3, 0.4) is 0 Å². The number of halogens is 1. The zero-order valence-corrected chi connectivity index (χ0v) is 13.5. The molecule has 1 atom stereocenters. The largest absolute Gasteiger partial charge is 0.366 e. The van der Waals surface area contributed by atoms with Gasteiger partial charge in [0.1, 0.15) is 5.82 Å². The standard InChI is InChI=1S/C15H17BrN4O/c1-3-10(2)17-14-9-8-13(19-20-14)15(21)18-12-7-5-4-6-11(12)16/h4-10H,3H2,1-2H3,(H,17,20)(H,18,21). The third-order valence-electron chi connectivity index (χ3n) is 3.03. The Morgan fingerprint density at radius 2 is 2.00 bits per heavy atom. The Morgan fingerprint density at radius 1 is 1.24 bits per heavy atom. The van der Waals surface area contributed by atoms with Crippen LogP contribution in [-0.4, -0.2) is 22.1 Å². The van der Waals surface area contributed by atoms with Crippen molar-refractivity contribution in [1.29, 1.82) is 0 Å². The fourth-order valence-corrected chi connectivity index (χ4v) is 2.02. The van der Waals surface area contributed by atoms with Gasteiger partial charge >= 0.3 is 0 Å². The van der Waals surface area contributed by atoms with E-state index in [1.165, 1.54) is 0 Å². The van der Waals surface area contributed by atoms with Gasteiger partial charge in [0.2, 0.25) is 0 Å². The zero-order valence-electron chi connectivity index (χ0n) is 11.9. The Balaban J connectivity index is 2.05. The smallest absolute Gasteiger partial charge is 0.276 e. The van der Waals surface area contributed by atoms with Crippen molar-refractivity contribution in [2.75, 3.05) is 10.6 Å². The van der Waals surface area contributed by atoms with Crippen LogP contribution >= 0.6 is 15.9 Å². The molecular formula is C15H17BrN4O. The first kappa shape index (κ1) is 15.4. The first-order valence-corrected chi connectivity index (χ1v) is 7.55. The number of para-hydroxylation sites is 1. The van der Waals surface area contributed by atoms with E-state index >= 15 is 0 Å². The summed E-state index contributed by atoms with van der Waals surface area (Å²) in [5, 5.41) is 14.0. The van der Waals surface area contributed by atoms with Crippen molar-refractivity contribution >= 4 is 33.3 Å². The average Bonchev–Trinajstić information content (AvgIpc) is 2.50. The number of rotatable bonds is 5. The van der Waals surface area contributed by atoms with Crippen LogP contribution < -0.4 is 10.6 Å². The molecule has 0 saturated heterocycles. The van der Waals surface area contributed by atoms with Crippen LogP contribution in [0.1, 0.15) is 30.8 Å². The first-order chi connectivity index (χ1) is 10.1. The number of carbonyl (C=O) groups is 1. The Bertz CT molecular complexity index is 615. The summed E-state index contributed by atoms with van der Waals surface area (Å²) in [6, 6.07) is 11.1. The van der Waals surface area contributed by atoms with Gasteiger partial charge in [-0.05, 0) is 53.5 Å². The fourth-order valence-electron chi connectivity index (χ4n) is 1.63. The molecule has 0 fully saturated rings. The number of hydrogen-bond acceptors (Lipinski definition) is 4. The first-order valence-electron chi connectivity index (χ1n) is 6.76. The maximum atomic E-state index is 12.1. The third kappa shape index (κ3) is 4.26. The van der Waals surface area contributed by atoms with Gasteiger partial charge < -0.3 is 10.6 Å². The molecule has 1 unspecified atom stereocenters. The van der Waals surface area contributed by atoms with E-state index in [1.807, 2.05) is 24.3 Å². The number of nitrogens with zero attached hydrogens (tertiary/aromatic N) is 2. The van der Waals surface area contributed by atoms with E-state index in [9.17, 15) is 4.79 Å². The summed E-state index contributed by atoms with van der Waals surface area (Å²) in [5.74, 6) is 0.381. The second-order valence-corrected chi connectivity index (χ2v) is 5.55. The minimum Gasteiger partial charge on any atom is -0.366 e. The maximum Gasteiger partial charge on any atom is 0.276 e. The summed E-state index contributed by atoms with van der Waals surface area (Å²) in [5.41, 5.74) is 0.978. The molecular weight excluding hydrogens is 332 g/mol. The monoisotopic (exact) mass is 348 g/mol. The number of benzene rings is 1. The molecule has 0 aliphatic heterocycles. The van der Waals surface area contributed by atoms with E-state index in [2.05, 4.69) is 50.6 Å². The van der Waals surface area contributed by atoms with E-state index in [0.717, 1.165) is 10.9 Å². The number of nitrogens with one attached hydrogen (secondary N) is 2. The molecule has 21 heavy (non-hydrogen) atoms. The number of amides is 1. The Kier molecular flexibility index (Phi) is 5.27. The van der Waals surface area contributed by atoms with Crippen LogP contribution in [0.25, 0.3) is 0 Å². The molecule has 2 N–H and O–H groups in total. The van der Waals surface area contributed by atoms with Crippen molar-refractivity contribution in [3.63, 3.8) is 0 Å². The molecule has 1 aromatic carbocycles. The number of carbonyl (C=O) groups excluding carboxylic acids is 1. The van der Waals surface area contributed by atoms with E-state index < -0.39 is 0 Å². The van der Waals surface area contributed by atoms with Gasteiger partial charge in [-0.3, -0.25) is 4.79 Å². The van der Waals surface area contributed by atoms with Crippen LogP contribution in [0.2, 0.25) is 0 Å². The topological polar surface area (TPSA) is 66.9 Å². The van der Waals surface area contributed by atoms with Gasteiger partial charge in [0, 0.05) is 10.5 Å². The second-order valence-electron chi connectivity index (χ2n) is 4.69. The van der Waals surface area contributed by atoms with E-state index in [-0.39, 0.29) is 11.6 Å². The molecule has 2 rings (SSSR count). The third-order valence-corrected chi connectivity index (χ3v) is 3.72. The number of hydrogen-bond donors (Lipinski definition) is 2. The minimum atomic E-state index is -0.288. The van der Waals surface area contributed by atoms with Crippen molar-refractivity contribution in [3.05, 3.63) is 46.6 Å². The van der Waals surface area contributed by atoms with Crippen molar-refractivity contribution in [3.8, 4) is 0 Å². The lowest BCUT2D eigenvalue weighted by Gasteiger charge is -2.11. The molecule has 6 heteroatoms. The molecule has 5 nitrogen and oxygen atoms in total. The highest BCUT2D eigenvalue weighted by atomic mass is 79.9. The van der Waals surface area contributed by atoms with Gasteiger partial charge in [0.15, 0.2) is 5.69 Å². The molecule has 0 saturated carbocycles. The molecule has 0 aliphatic rings. The van der Waals surface area contributed by atoms with Crippen LogP contribution in [0.15, 0.2) is 40.9 Å². The van der Waals surface area contributed by atoms with Crippen molar-refractivity contribution in [2.45, 2.75) is 26.3 Å². The van der Waals surface area contributed by atoms with Crippen LogP contribution in [-0.2, 0) is 0 Å². The van der Waals surface area contributed by atoms with Crippen molar-refractivity contribution < 1.29 is 4.79 Å². The predicted octanol–water partition coefficient (Wildman–Crippen LogP) is 3.70. The summed E-state index contributed by atoms with van der Waals surface area (Å²) in [6.07, 6.45) is 0.992. The molecule has 1 aromatic heterocycles. The summed E-state index contributed by atoms with van der Waals surface area (Å²) in [4.78, 5) is 12.1. The van der Waals surface area contributed by atoms with Gasteiger partial charge in [-0.2, -0.15) is 0 Å². The summed E-state index contributed by atoms with van der Waals surface area (Å²) in [6.45, 7) is 4.15. The maximum absolute atomic E-state index is 12.1. The van der Waals surface area contributed by atoms with Crippen molar-refractivity contribution in [2.24, 2.45) is 0 Å². The van der Waals surface area contributed by atoms with E-state index in [1.54, 1.807) is 12.1 Å². The van der Waals surface area contributed by atoms with Crippen LogP contribution in [0, 0.1) is 0 Å². The van der Waals surface area contributed by atoms with E-state index in [4.69, 9.17) is 0 Å². The SMILES string of the molecule is CCC(C)Nc1ccc(C(=O)Nc2ccccc2Br)nn1. The predicted molar refractivity (Wildman–Crippen MR) is 87.5 cm³/mol. The molecule has 0 spiro atoms. The van der Waals surface area contributed by atoms with Crippen LogP contribution in [0.5, 0.6) is 0 Å². The molecule has 0 bridgehead atoms. The van der Waals surface area contributed by atoms with Gasteiger partial charge in [-0.15, -0.1) is 10.2 Å². The Labute approximate surface area is 132 Å². The lowest BCUT2D eigenvalue weighted by molar-refractivity contribution is 0.102. The highest BCUT2D eigenvalue weighted by molar-refractivity contribution is 9.10. The highest BCUT2D eigenvalue weighted by Gasteiger charge is 2.10. The summed E-state index contributed by atoms with van der Waals surface area (Å²) >= 11 is 3.38. The number of aromatic nitrogens is 2. The summed E-state index contributed by atoms with van der Waals surface area (Å²) in [7, 11) is 0. The van der Waals surface area contributed by atoms with Gasteiger partial charge in [0.25, 0.3) is 5.91 Å². The van der Waals surface area contributed by atoms with E-state index in [0.29, 0.717) is 17.5 Å². The zero-order chi connectivity index (χ0) is 15.2. The normalized spacial score (nSPS) is 11.8. The Hall–Kier alpha value is -1.95. The highest BCUT2D eigenvalue weighted by Crippen LogP contribution is 2.21. The fraction of sp³-hybridized carbons (Fsp3) is 0.267. The molecule has 0 radical (unpaired) electrons. The molecule has 110 valence electrons. The molecule has 0 aliphatic carbocycles. The van der Waals surface area contributed by atoms with Gasteiger partial charge in [0.05, 0.1) is 5.69 Å². The minimum absolute atomic E-state index is 0.278. The average molecular weight is 349 g/mol. The quantitative estimate of drug-likeness (QED) is 0.864. The number of anilines is 2. The van der Waals surface area contributed by atoms with Gasteiger partial charge in [-0.25, -0.2) is 0 Å². The summed E-state index contributed by atoms with van der Waals surface area (Å²) < 4.78 is 0.821. The van der Waals surface area contributed by atoms with Crippen LogP contribution in [0.4, 0.5) is 11.5 Å². The van der Waals surface area contributed by atoms with Gasteiger partial charge in [-0.1, -0.05) is 19.1 Å². The molecule has 2 aromatic rings. The molecule has 1 amide bonds.